The highest BCUT2D eigenvalue weighted by molar-refractivity contribution is 5.23. The number of hydrogen-bond donors (Lipinski definition) is 1. The van der Waals surface area contributed by atoms with Gasteiger partial charge in [0.2, 0.25) is 0 Å². The minimum absolute atomic E-state index is 0.0600. The van der Waals surface area contributed by atoms with Crippen LogP contribution in [0.2, 0.25) is 0 Å². The number of nitriles is 1. The molecule has 1 N–H and O–H groups in total. The molecular formula is C15H22N2. The molecule has 1 unspecified atom stereocenters. The van der Waals surface area contributed by atoms with E-state index >= 15 is 0 Å². The Bertz CT molecular complexity index is 360. The van der Waals surface area contributed by atoms with Crippen LogP contribution < -0.4 is 5.32 Å². The second-order valence-electron chi connectivity index (χ2n) is 4.97. The summed E-state index contributed by atoms with van der Waals surface area (Å²) in [5.74, 6) is 0.707. The van der Waals surface area contributed by atoms with Crippen molar-refractivity contribution in [3.05, 3.63) is 35.4 Å². The zero-order valence-electron chi connectivity index (χ0n) is 11.0. The van der Waals surface area contributed by atoms with E-state index in [1.165, 1.54) is 11.1 Å². The van der Waals surface area contributed by atoms with E-state index in [1.807, 2.05) is 6.92 Å². The summed E-state index contributed by atoms with van der Waals surface area (Å²) in [4.78, 5) is 0. The Morgan fingerprint density at radius 1 is 1.12 bits per heavy atom. The van der Waals surface area contributed by atoms with Gasteiger partial charge in [0.05, 0.1) is 12.1 Å². The van der Waals surface area contributed by atoms with E-state index in [0.29, 0.717) is 5.92 Å². The maximum atomic E-state index is 8.64. The summed E-state index contributed by atoms with van der Waals surface area (Å²) in [7, 11) is 0. The van der Waals surface area contributed by atoms with Gasteiger partial charge in [0.15, 0.2) is 0 Å². The summed E-state index contributed by atoms with van der Waals surface area (Å²) in [6.45, 7) is 7.21. The minimum Gasteiger partial charge on any atom is -0.302 e. The smallest absolute Gasteiger partial charge is 0.0924 e. The number of benzene rings is 1. The molecule has 0 heterocycles. The van der Waals surface area contributed by atoms with Gasteiger partial charge < -0.3 is 5.32 Å². The predicted molar refractivity (Wildman–Crippen MR) is 71.8 cm³/mol. The standard InChI is InChI=1S/C15H22N2/c1-12(2)10-15-6-4-14(5-7-15)8-9-17-13(3)11-16/h4-7,12-13,17H,8-10H2,1-3H3. The van der Waals surface area contributed by atoms with E-state index in [0.717, 1.165) is 19.4 Å². The van der Waals surface area contributed by atoms with Crippen LogP contribution in [-0.2, 0) is 12.8 Å². The molecule has 0 bridgehead atoms. The molecule has 2 heteroatoms. The van der Waals surface area contributed by atoms with E-state index in [1.54, 1.807) is 0 Å². The molecule has 1 atom stereocenters. The van der Waals surface area contributed by atoms with Crippen LogP contribution in [0.5, 0.6) is 0 Å². The van der Waals surface area contributed by atoms with Gasteiger partial charge in [-0.3, -0.25) is 0 Å². The molecule has 0 radical (unpaired) electrons. The van der Waals surface area contributed by atoms with E-state index < -0.39 is 0 Å². The Balaban J connectivity index is 2.38. The predicted octanol–water partition coefficient (Wildman–Crippen LogP) is 2.93. The fourth-order valence-corrected chi connectivity index (χ4v) is 1.79. The van der Waals surface area contributed by atoms with Crippen molar-refractivity contribution in [2.45, 2.75) is 39.7 Å². The Morgan fingerprint density at radius 2 is 1.71 bits per heavy atom. The van der Waals surface area contributed by atoms with Crippen LogP contribution >= 0.6 is 0 Å². The van der Waals surface area contributed by atoms with Crippen molar-refractivity contribution in [3.63, 3.8) is 0 Å². The molecule has 1 aromatic rings. The SMILES string of the molecule is CC(C)Cc1ccc(CCNC(C)C#N)cc1. The maximum absolute atomic E-state index is 8.64. The normalized spacial score (nSPS) is 12.4. The molecule has 0 saturated heterocycles. The van der Waals surface area contributed by atoms with Gasteiger partial charge in [0, 0.05) is 6.54 Å². The molecule has 2 nitrogen and oxygen atoms in total. The number of nitrogens with one attached hydrogen (secondary N) is 1. The monoisotopic (exact) mass is 230 g/mol. The first-order valence-electron chi connectivity index (χ1n) is 6.32. The van der Waals surface area contributed by atoms with Gasteiger partial charge in [-0.05, 0) is 36.8 Å². The Labute approximate surface area is 105 Å². The molecule has 0 saturated carbocycles. The van der Waals surface area contributed by atoms with E-state index in [-0.39, 0.29) is 6.04 Å². The minimum atomic E-state index is -0.0600. The second kappa shape index (κ2) is 7.09. The second-order valence-corrected chi connectivity index (χ2v) is 4.97. The van der Waals surface area contributed by atoms with Crippen molar-refractivity contribution in [3.8, 4) is 6.07 Å². The third kappa shape index (κ3) is 5.51. The highest BCUT2D eigenvalue weighted by Gasteiger charge is 2.00. The Hall–Kier alpha value is -1.33. The summed E-state index contributed by atoms with van der Waals surface area (Å²) in [5, 5.41) is 11.8. The summed E-state index contributed by atoms with van der Waals surface area (Å²) in [6.07, 6.45) is 2.12. The summed E-state index contributed by atoms with van der Waals surface area (Å²) >= 11 is 0. The fourth-order valence-electron chi connectivity index (χ4n) is 1.79. The van der Waals surface area contributed by atoms with Gasteiger partial charge in [0.25, 0.3) is 0 Å². The average Bonchev–Trinajstić information content (AvgIpc) is 2.30. The van der Waals surface area contributed by atoms with Crippen molar-refractivity contribution in [2.75, 3.05) is 6.54 Å². The Kier molecular flexibility index (Phi) is 5.72. The molecule has 1 rings (SSSR count). The van der Waals surface area contributed by atoms with Crippen molar-refractivity contribution in [2.24, 2.45) is 5.92 Å². The van der Waals surface area contributed by atoms with Crippen molar-refractivity contribution in [1.82, 2.24) is 5.32 Å². The quantitative estimate of drug-likeness (QED) is 0.815. The lowest BCUT2D eigenvalue weighted by Crippen LogP contribution is -2.26. The molecule has 0 aliphatic carbocycles. The highest BCUT2D eigenvalue weighted by atomic mass is 14.9. The molecule has 0 aliphatic rings. The van der Waals surface area contributed by atoms with Crippen LogP contribution in [-0.4, -0.2) is 12.6 Å². The van der Waals surface area contributed by atoms with Crippen molar-refractivity contribution < 1.29 is 0 Å². The summed E-state index contributed by atoms with van der Waals surface area (Å²) < 4.78 is 0. The third-order valence-corrected chi connectivity index (χ3v) is 2.72. The molecule has 17 heavy (non-hydrogen) atoms. The van der Waals surface area contributed by atoms with Gasteiger partial charge in [-0.1, -0.05) is 38.1 Å². The topological polar surface area (TPSA) is 35.8 Å². The highest BCUT2D eigenvalue weighted by Crippen LogP contribution is 2.10. The summed E-state index contributed by atoms with van der Waals surface area (Å²) in [5.41, 5.74) is 2.73. The van der Waals surface area contributed by atoms with Crippen LogP contribution in [0.4, 0.5) is 0 Å². The molecule has 0 amide bonds. The van der Waals surface area contributed by atoms with Crippen LogP contribution in [0.3, 0.4) is 0 Å². The first-order valence-corrected chi connectivity index (χ1v) is 6.32. The largest absolute Gasteiger partial charge is 0.302 e. The van der Waals surface area contributed by atoms with Gasteiger partial charge in [-0.25, -0.2) is 0 Å². The van der Waals surface area contributed by atoms with E-state index in [2.05, 4.69) is 49.5 Å². The van der Waals surface area contributed by atoms with E-state index in [4.69, 9.17) is 5.26 Å². The van der Waals surface area contributed by atoms with Gasteiger partial charge in [-0.15, -0.1) is 0 Å². The molecule has 0 fully saturated rings. The molecule has 0 spiro atoms. The molecule has 92 valence electrons. The molecular weight excluding hydrogens is 208 g/mol. The number of rotatable bonds is 6. The number of hydrogen-bond acceptors (Lipinski definition) is 2. The maximum Gasteiger partial charge on any atom is 0.0924 e. The van der Waals surface area contributed by atoms with Gasteiger partial charge in [0.1, 0.15) is 0 Å². The zero-order chi connectivity index (χ0) is 12.7. The van der Waals surface area contributed by atoms with Crippen LogP contribution in [0, 0.1) is 17.2 Å². The van der Waals surface area contributed by atoms with Crippen LogP contribution in [0.1, 0.15) is 31.9 Å². The van der Waals surface area contributed by atoms with Crippen molar-refractivity contribution in [1.29, 1.82) is 5.26 Å². The average molecular weight is 230 g/mol. The van der Waals surface area contributed by atoms with Gasteiger partial charge >= 0.3 is 0 Å². The van der Waals surface area contributed by atoms with Crippen LogP contribution in [0.25, 0.3) is 0 Å². The molecule has 0 aliphatic heterocycles. The lowest BCUT2D eigenvalue weighted by atomic mass is 10.0. The fraction of sp³-hybridized carbons (Fsp3) is 0.533. The molecule has 0 aromatic heterocycles. The lowest BCUT2D eigenvalue weighted by molar-refractivity contribution is 0.638. The summed E-state index contributed by atoms with van der Waals surface area (Å²) in [6, 6.07) is 10.9. The third-order valence-electron chi connectivity index (χ3n) is 2.72. The van der Waals surface area contributed by atoms with Crippen LogP contribution in [0.15, 0.2) is 24.3 Å². The van der Waals surface area contributed by atoms with Gasteiger partial charge in [-0.2, -0.15) is 5.26 Å². The lowest BCUT2D eigenvalue weighted by Gasteiger charge is -2.08. The first kappa shape index (κ1) is 13.7. The van der Waals surface area contributed by atoms with E-state index in [9.17, 15) is 0 Å². The Morgan fingerprint density at radius 3 is 2.24 bits per heavy atom. The van der Waals surface area contributed by atoms with Crippen molar-refractivity contribution >= 4 is 0 Å². The first-order chi connectivity index (χ1) is 8.11. The number of nitrogens with zero attached hydrogens (tertiary/aromatic N) is 1. The zero-order valence-corrected chi connectivity index (χ0v) is 11.0. The molecule has 1 aromatic carbocycles.